The fourth-order valence-corrected chi connectivity index (χ4v) is 3.15. The second-order valence-electron chi connectivity index (χ2n) is 6.67. The van der Waals surface area contributed by atoms with Crippen LogP contribution in [-0.2, 0) is 6.54 Å². The molecule has 1 unspecified atom stereocenters. The number of nitrogens with zero attached hydrogens (tertiary/aromatic N) is 2. The topological polar surface area (TPSA) is 35.6 Å². The van der Waals surface area contributed by atoms with Crippen molar-refractivity contribution in [3.05, 3.63) is 65.7 Å². The molecule has 0 bridgehead atoms. The summed E-state index contributed by atoms with van der Waals surface area (Å²) < 4.78 is 0. The predicted octanol–water partition coefficient (Wildman–Crippen LogP) is 3.78. The van der Waals surface area contributed by atoms with Gasteiger partial charge in [0.25, 0.3) is 5.91 Å². The minimum Gasteiger partial charge on any atom is -0.370 e. The van der Waals surface area contributed by atoms with Crippen LogP contribution >= 0.6 is 0 Å². The van der Waals surface area contributed by atoms with E-state index in [-0.39, 0.29) is 5.91 Å². The summed E-state index contributed by atoms with van der Waals surface area (Å²) in [6, 6.07) is 18.5. The first kappa shape index (κ1) is 20.0. The van der Waals surface area contributed by atoms with E-state index in [9.17, 15) is 4.79 Å². The fraction of sp³-hybridized carbons (Fsp3) is 0.409. The SMILES string of the molecule is CCN(CC)C(C)CNC(=O)c1cccc(N(C)Cc2ccccc2)c1. The summed E-state index contributed by atoms with van der Waals surface area (Å²) in [5.41, 5.74) is 2.99. The smallest absolute Gasteiger partial charge is 0.251 e. The standard InChI is InChI=1S/C22H31N3O/c1-5-25(6-2)18(3)16-23-22(26)20-13-10-14-21(15-20)24(4)17-19-11-8-7-9-12-19/h7-15,18H,5-6,16-17H2,1-4H3,(H,23,26). The van der Waals surface area contributed by atoms with E-state index in [2.05, 4.69) is 48.0 Å². The summed E-state index contributed by atoms with van der Waals surface area (Å²) in [6.45, 7) is 9.90. The number of carbonyl (C=O) groups is 1. The Kier molecular flexibility index (Phi) is 7.67. The van der Waals surface area contributed by atoms with Crippen molar-refractivity contribution in [1.82, 2.24) is 10.2 Å². The zero-order chi connectivity index (χ0) is 18.9. The van der Waals surface area contributed by atoms with Crippen molar-refractivity contribution in [2.75, 3.05) is 31.6 Å². The largest absolute Gasteiger partial charge is 0.370 e. The molecule has 1 N–H and O–H groups in total. The number of hydrogen-bond acceptors (Lipinski definition) is 3. The van der Waals surface area contributed by atoms with Crippen molar-refractivity contribution in [3.63, 3.8) is 0 Å². The number of amides is 1. The van der Waals surface area contributed by atoms with Crippen LogP contribution in [0.3, 0.4) is 0 Å². The third kappa shape index (κ3) is 5.60. The van der Waals surface area contributed by atoms with Crippen molar-refractivity contribution in [2.24, 2.45) is 0 Å². The normalized spacial score (nSPS) is 12.0. The van der Waals surface area contributed by atoms with E-state index < -0.39 is 0 Å². The average molecular weight is 354 g/mol. The first-order chi connectivity index (χ1) is 12.5. The van der Waals surface area contributed by atoms with Crippen molar-refractivity contribution in [2.45, 2.75) is 33.4 Å². The highest BCUT2D eigenvalue weighted by Crippen LogP contribution is 2.17. The number of benzene rings is 2. The lowest BCUT2D eigenvalue weighted by molar-refractivity contribution is 0.0938. The maximum absolute atomic E-state index is 12.5. The van der Waals surface area contributed by atoms with Crippen LogP contribution in [0.4, 0.5) is 5.69 Å². The third-order valence-corrected chi connectivity index (χ3v) is 4.81. The lowest BCUT2D eigenvalue weighted by atomic mass is 10.1. The van der Waals surface area contributed by atoms with Gasteiger partial charge in [0.05, 0.1) is 0 Å². The van der Waals surface area contributed by atoms with Crippen LogP contribution in [0.25, 0.3) is 0 Å². The molecule has 0 saturated carbocycles. The molecule has 0 aromatic heterocycles. The van der Waals surface area contributed by atoms with E-state index in [0.717, 1.165) is 25.3 Å². The molecule has 2 aromatic rings. The summed E-state index contributed by atoms with van der Waals surface area (Å²) in [5, 5.41) is 3.06. The van der Waals surface area contributed by atoms with Crippen molar-refractivity contribution >= 4 is 11.6 Å². The zero-order valence-electron chi connectivity index (χ0n) is 16.4. The van der Waals surface area contributed by atoms with Gasteiger partial charge in [0, 0.05) is 37.4 Å². The Bertz CT molecular complexity index is 683. The first-order valence-electron chi connectivity index (χ1n) is 9.42. The maximum atomic E-state index is 12.5. The Labute approximate surface area is 157 Å². The molecule has 2 aromatic carbocycles. The van der Waals surface area contributed by atoms with Crippen LogP contribution in [0.5, 0.6) is 0 Å². The maximum Gasteiger partial charge on any atom is 0.251 e. The Hall–Kier alpha value is -2.33. The van der Waals surface area contributed by atoms with Crippen LogP contribution in [0.1, 0.15) is 36.7 Å². The van der Waals surface area contributed by atoms with Crippen LogP contribution in [-0.4, -0.2) is 43.5 Å². The molecule has 4 heteroatoms. The number of carbonyl (C=O) groups excluding carboxylic acids is 1. The Morgan fingerprint density at radius 2 is 1.73 bits per heavy atom. The van der Waals surface area contributed by atoms with Gasteiger partial charge >= 0.3 is 0 Å². The summed E-state index contributed by atoms with van der Waals surface area (Å²) in [7, 11) is 2.05. The minimum atomic E-state index is -0.0148. The molecule has 1 amide bonds. The molecular weight excluding hydrogens is 322 g/mol. The van der Waals surface area contributed by atoms with E-state index in [4.69, 9.17) is 0 Å². The first-order valence-corrected chi connectivity index (χ1v) is 9.42. The van der Waals surface area contributed by atoms with Crippen LogP contribution in [0, 0.1) is 0 Å². The van der Waals surface area contributed by atoms with Crippen LogP contribution < -0.4 is 10.2 Å². The molecule has 140 valence electrons. The molecule has 0 fully saturated rings. The Balaban J connectivity index is 1.98. The highest BCUT2D eigenvalue weighted by molar-refractivity contribution is 5.95. The molecular formula is C22H31N3O. The highest BCUT2D eigenvalue weighted by atomic mass is 16.1. The van der Waals surface area contributed by atoms with Gasteiger partial charge in [-0.05, 0) is 43.8 Å². The lowest BCUT2D eigenvalue weighted by Crippen LogP contribution is -2.42. The summed E-state index contributed by atoms with van der Waals surface area (Å²) in [4.78, 5) is 17.0. The zero-order valence-corrected chi connectivity index (χ0v) is 16.4. The quantitative estimate of drug-likeness (QED) is 0.745. The second-order valence-corrected chi connectivity index (χ2v) is 6.67. The molecule has 0 saturated heterocycles. The van der Waals surface area contributed by atoms with Gasteiger partial charge in [-0.1, -0.05) is 50.2 Å². The van der Waals surface area contributed by atoms with Gasteiger partial charge in [0.2, 0.25) is 0 Å². The van der Waals surface area contributed by atoms with Gasteiger partial charge < -0.3 is 10.2 Å². The molecule has 26 heavy (non-hydrogen) atoms. The van der Waals surface area contributed by atoms with Crippen molar-refractivity contribution < 1.29 is 4.79 Å². The molecule has 0 heterocycles. The predicted molar refractivity (Wildman–Crippen MR) is 110 cm³/mol. The fourth-order valence-electron chi connectivity index (χ4n) is 3.15. The highest BCUT2D eigenvalue weighted by Gasteiger charge is 2.13. The summed E-state index contributed by atoms with van der Waals surface area (Å²) in [5.74, 6) is -0.0148. The van der Waals surface area contributed by atoms with E-state index in [0.29, 0.717) is 18.2 Å². The van der Waals surface area contributed by atoms with Crippen LogP contribution in [0.2, 0.25) is 0 Å². The van der Waals surface area contributed by atoms with E-state index in [1.54, 1.807) is 0 Å². The van der Waals surface area contributed by atoms with E-state index in [1.807, 2.05) is 49.5 Å². The van der Waals surface area contributed by atoms with Crippen molar-refractivity contribution in [1.29, 1.82) is 0 Å². The molecule has 0 radical (unpaired) electrons. The molecule has 0 spiro atoms. The monoisotopic (exact) mass is 353 g/mol. The molecule has 2 rings (SSSR count). The third-order valence-electron chi connectivity index (χ3n) is 4.81. The number of anilines is 1. The Morgan fingerprint density at radius 1 is 1.04 bits per heavy atom. The molecule has 0 aliphatic rings. The van der Waals surface area contributed by atoms with Gasteiger partial charge in [-0.2, -0.15) is 0 Å². The average Bonchev–Trinajstić information content (AvgIpc) is 2.68. The van der Waals surface area contributed by atoms with Gasteiger partial charge in [0.1, 0.15) is 0 Å². The van der Waals surface area contributed by atoms with E-state index >= 15 is 0 Å². The van der Waals surface area contributed by atoms with Gasteiger partial charge in [-0.25, -0.2) is 0 Å². The minimum absolute atomic E-state index is 0.0148. The lowest BCUT2D eigenvalue weighted by Gasteiger charge is -2.26. The number of hydrogen-bond donors (Lipinski definition) is 1. The van der Waals surface area contributed by atoms with Gasteiger partial charge in [-0.15, -0.1) is 0 Å². The molecule has 0 aliphatic carbocycles. The number of rotatable bonds is 9. The van der Waals surface area contributed by atoms with Gasteiger partial charge in [-0.3, -0.25) is 9.69 Å². The number of nitrogens with one attached hydrogen (secondary N) is 1. The van der Waals surface area contributed by atoms with Gasteiger partial charge in [0.15, 0.2) is 0 Å². The molecule has 4 nitrogen and oxygen atoms in total. The number of likely N-dealkylation sites (N-methyl/N-ethyl adjacent to an activating group) is 1. The van der Waals surface area contributed by atoms with Crippen molar-refractivity contribution in [3.8, 4) is 0 Å². The Morgan fingerprint density at radius 3 is 2.38 bits per heavy atom. The van der Waals surface area contributed by atoms with Crippen LogP contribution in [0.15, 0.2) is 54.6 Å². The molecule has 0 aliphatic heterocycles. The summed E-state index contributed by atoms with van der Waals surface area (Å²) in [6.07, 6.45) is 0. The molecule has 1 atom stereocenters. The second kappa shape index (κ2) is 9.97. The summed E-state index contributed by atoms with van der Waals surface area (Å²) >= 11 is 0. The van der Waals surface area contributed by atoms with E-state index in [1.165, 1.54) is 5.56 Å².